The number of alkyl halides is 1. The molecule has 0 N–H and O–H groups in total. The standard InChI is InChI=1S/C14H19Cl2NO/c1-10(15)3-5-17(2)9-12-8-13(16)7-11-4-6-18-14(11)12/h7-8,10H,3-6,9H2,1-2H3. The predicted molar refractivity (Wildman–Crippen MR) is 76.9 cm³/mol. The minimum atomic E-state index is 0.216. The third-order valence-electron chi connectivity index (χ3n) is 3.17. The second-order valence-electron chi connectivity index (χ2n) is 4.96. The van der Waals surface area contributed by atoms with Gasteiger partial charge in [-0.25, -0.2) is 0 Å². The zero-order valence-corrected chi connectivity index (χ0v) is 12.4. The van der Waals surface area contributed by atoms with Gasteiger partial charge in [0.05, 0.1) is 6.61 Å². The fourth-order valence-electron chi connectivity index (χ4n) is 2.23. The lowest BCUT2D eigenvalue weighted by Crippen LogP contribution is -2.21. The van der Waals surface area contributed by atoms with E-state index in [1.807, 2.05) is 19.1 Å². The Morgan fingerprint density at radius 2 is 2.22 bits per heavy atom. The van der Waals surface area contributed by atoms with Gasteiger partial charge in [-0.05, 0) is 44.6 Å². The molecular weight excluding hydrogens is 269 g/mol. The van der Waals surface area contributed by atoms with E-state index in [0.717, 1.165) is 43.3 Å². The Morgan fingerprint density at radius 1 is 1.44 bits per heavy atom. The van der Waals surface area contributed by atoms with Crippen LogP contribution in [0.5, 0.6) is 5.75 Å². The highest BCUT2D eigenvalue weighted by Gasteiger charge is 2.18. The largest absolute Gasteiger partial charge is 0.493 e. The number of fused-ring (bicyclic) bond motifs is 1. The van der Waals surface area contributed by atoms with Crippen molar-refractivity contribution in [3.05, 3.63) is 28.3 Å². The topological polar surface area (TPSA) is 12.5 Å². The molecule has 0 aliphatic carbocycles. The molecule has 0 fully saturated rings. The Kier molecular flexibility index (Phi) is 4.77. The maximum atomic E-state index is 6.14. The molecule has 0 bridgehead atoms. The fourth-order valence-corrected chi connectivity index (χ4v) is 2.59. The van der Waals surface area contributed by atoms with Crippen molar-refractivity contribution in [3.63, 3.8) is 0 Å². The van der Waals surface area contributed by atoms with E-state index >= 15 is 0 Å². The summed E-state index contributed by atoms with van der Waals surface area (Å²) in [5.41, 5.74) is 2.41. The van der Waals surface area contributed by atoms with E-state index in [4.69, 9.17) is 27.9 Å². The molecule has 1 atom stereocenters. The molecule has 4 heteroatoms. The third kappa shape index (κ3) is 3.53. The molecule has 2 rings (SSSR count). The van der Waals surface area contributed by atoms with E-state index in [-0.39, 0.29) is 5.38 Å². The van der Waals surface area contributed by atoms with E-state index in [1.54, 1.807) is 0 Å². The first-order valence-corrected chi connectivity index (χ1v) is 7.14. The summed E-state index contributed by atoms with van der Waals surface area (Å²) in [5, 5.41) is 1.02. The molecule has 0 amide bonds. The fraction of sp³-hybridized carbons (Fsp3) is 0.571. The maximum absolute atomic E-state index is 6.14. The van der Waals surface area contributed by atoms with Gasteiger partial charge in [-0.2, -0.15) is 0 Å². The first kappa shape index (κ1) is 14.0. The number of hydrogen-bond donors (Lipinski definition) is 0. The van der Waals surface area contributed by atoms with Crippen molar-refractivity contribution in [2.45, 2.75) is 31.7 Å². The number of nitrogens with zero attached hydrogens (tertiary/aromatic N) is 1. The van der Waals surface area contributed by atoms with Crippen molar-refractivity contribution in [1.82, 2.24) is 4.90 Å². The lowest BCUT2D eigenvalue weighted by Gasteiger charge is -2.19. The van der Waals surface area contributed by atoms with Crippen molar-refractivity contribution in [2.75, 3.05) is 20.2 Å². The van der Waals surface area contributed by atoms with Crippen molar-refractivity contribution >= 4 is 23.2 Å². The second kappa shape index (κ2) is 6.14. The Labute approximate surface area is 119 Å². The van der Waals surface area contributed by atoms with Crippen LogP contribution in [0.15, 0.2) is 12.1 Å². The molecule has 1 aliphatic rings. The highest BCUT2D eigenvalue weighted by molar-refractivity contribution is 6.30. The Bertz CT molecular complexity index is 421. The first-order valence-electron chi connectivity index (χ1n) is 6.33. The molecule has 0 spiro atoms. The molecule has 1 aromatic rings. The molecular formula is C14H19Cl2NO. The number of rotatable bonds is 5. The van der Waals surface area contributed by atoms with E-state index in [1.165, 1.54) is 11.1 Å². The molecule has 0 aromatic heterocycles. The van der Waals surface area contributed by atoms with Gasteiger partial charge < -0.3 is 9.64 Å². The van der Waals surface area contributed by atoms with Crippen LogP contribution in [0.25, 0.3) is 0 Å². The van der Waals surface area contributed by atoms with Crippen LogP contribution >= 0.6 is 23.2 Å². The van der Waals surface area contributed by atoms with Gasteiger partial charge in [-0.1, -0.05) is 11.6 Å². The molecule has 100 valence electrons. The molecule has 1 heterocycles. The van der Waals surface area contributed by atoms with Crippen molar-refractivity contribution < 1.29 is 4.74 Å². The molecule has 1 aliphatic heterocycles. The van der Waals surface area contributed by atoms with Crippen LogP contribution in [0.3, 0.4) is 0 Å². The molecule has 0 saturated heterocycles. The first-order chi connectivity index (χ1) is 8.56. The lowest BCUT2D eigenvalue weighted by molar-refractivity contribution is 0.307. The van der Waals surface area contributed by atoms with Gasteiger partial charge in [0.1, 0.15) is 5.75 Å². The summed E-state index contributed by atoms with van der Waals surface area (Å²) in [7, 11) is 2.10. The summed E-state index contributed by atoms with van der Waals surface area (Å²) in [5.74, 6) is 1.03. The molecule has 18 heavy (non-hydrogen) atoms. The van der Waals surface area contributed by atoms with Crippen LogP contribution < -0.4 is 4.74 Å². The average Bonchev–Trinajstić information content (AvgIpc) is 2.74. The maximum Gasteiger partial charge on any atom is 0.127 e. The van der Waals surface area contributed by atoms with Gasteiger partial charge in [-0.3, -0.25) is 0 Å². The van der Waals surface area contributed by atoms with Crippen molar-refractivity contribution in [2.24, 2.45) is 0 Å². The van der Waals surface area contributed by atoms with Crippen LogP contribution in [-0.4, -0.2) is 30.5 Å². The van der Waals surface area contributed by atoms with Crippen LogP contribution in [0.4, 0.5) is 0 Å². The van der Waals surface area contributed by atoms with Crippen LogP contribution in [0.2, 0.25) is 5.02 Å². The molecule has 1 aromatic carbocycles. The van der Waals surface area contributed by atoms with Gasteiger partial charge in [0.2, 0.25) is 0 Å². The Balaban J connectivity index is 2.05. The van der Waals surface area contributed by atoms with Crippen LogP contribution in [-0.2, 0) is 13.0 Å². The predicted octanol–water partition coefficient (Wildman–Crippen LogP) is 3.72. The molecule has 0 radical (unpaired) electrons. The van der Waals surface area contributed by atoms with Gasteiger partial charge in [0.15, 0.2) is 0 Å². The zero-order chi connectivity index (χ0) is 13.1. The highest BCUT2D eigenvalue weighted by Crippen LogP contribution is 2.33. The summed E-state index contributed by atoms with van der Waals surface area (Å²) < 4.78 is 5.70. The summed E-state index contributed by atoms with van der Waals surface area (Å²) >= 11 is 12.1. The minimum absolute atomic E-state index is 0.216. The second-order valence-corrected chi connectivity index (χ2v) is 6.14. The molecule has 1 unspecified atom stereocenters. The van der Waals surface area contributed by atoms with Gasteiger partial charge >= 0.3 is 0 Å². The van der Waals surface area contributed by atoms with E-state index in [0.29, 0.717) is 0 Å². The monoisotopic (exact) mass is 287 g/mol. The normalized spacial score (nSPS) is 15.6. The summed E-state index contributed by atoms with van der Waals surface area (Å²) in [4.78, 5) is 2.26. The van der Waals surface area contributed by atoms with E-state index in [2.05, 4.69) is 11.9 Å². The average molecular weight is 288 g/mol. The zero-order valence-electron chi connectivity index (χ0n) is 10.9. The van der Waals surface area contributed by atoms with Crippen molar-refractivity contribution in [1.29, 1.82) is 0 Å². The number of ether oxygens (including phenoxy) is 1. The Morgan fingerprint density at radius 3 is 2.94 bits per heavy atom. The van der Waals surface area contributed by atoms with Crippen LogP contribution in [0, 0.1) is 0 Å². The molecule has 0 saturated carbocycles. The third-order valence-corrected chi connectivity index (χ3v) is 3.61. The van der Waals surface area contributed by atoms with Crippen LogP contribution in [0.1, 0.15) is 24.5 Å². The minimum Gasteiger partial charge on any atom is -0.493 e. The van der Waals surface area contributed by atoms with Gasteiger partial charge in [0.25, 0.3) is 0 Å². The number of halogens is 2. The summed E-state index contributed by atoms with van der Waals surface area (Å²) in [6, 6.07) is 4.01. The smallest absolute Gasteiger partial charge is 0.127 e. The molecule has 2 nitrogen and oxygen atoms in total. The van der Waals surface area contributed by atoms with Gasteiger partial charge in [-0.15, -0.1) is 11.6 Å². The number of benzene rings is 1. The number of hydrogen-bond acceptors (Lipinski definition) is 2. The quantitative estimate of drug-likeness (QED) is 0.766. The van der Waals surface area contributed by atoms with Crippen molar-refractivity contribution in [3.8, 4) is 5.75 Å². The Hall–Kier alpha value is -0.440. The van der Waals surface area contributed by atoms with E-state index < -0.39 is 0 Å². The summed E-state index contributed by atoms with van der Waals surface area (Å²) in [6.07, 6.45) is 1.95. The highest BCUT2D eigenvalue weighted by atomic mass is 35.5. The SMILES string of the molecule is CC(Cl)CCN(C)Cc1cc(Cl)cc2c1OCC2. The van der Waals surface area contributed by atoms with Gasteiger partial charge in [0, 0.05) is 28.9 Å². The van der Waals surface area contributed by atoms with E-state index in [9.17, 15) is 0 Å². The lowest BCUT2D eigenvalue weighted by atomic mass is 10.1. The summed E-state index contributed by atoms with van der Waals surface area (Å²) in [6.45, 7) is 4.62.